The van der Waals surface area contributed by atoms with E-state index in [1.54, 1.807) is 7.11 Å². The zero-order valence-corrected chi connectivity index (χ0v) is 9.76. The minimum atomic E-state index is -1.33. The van der Waals surface area contributed by atoms with Crippen molar-refractivity contribution < 1.29 is 8.54 Å². The van der Waals surface area contributed by atoms with Crippen molar-refractivity contribution in [3.05, 3.63) is 0 Å². The summed E-state index contributed by atoms with van der Waals surface area (Å²) < 4.78 is 11.0. The van der Waals surface area contributed by atoms with Crippen LogP contribution in [-0.4, -0.2) is 24.7 Å². The molecule has 1 unspecified atom stereocenters. The molecule has 0 N–H and O–H groups in total. The third-order valence-corrected chi connectivity index (χ3v) is 6.15. The van der Waals surface area contributed by atoms with Crippen molar-refractivity contribution in [1.82, 2.24) is 0 Å². The van der Waals surface area contributed by atoms with Crippen LogP contribution in [0, 0.1) is 0 Å². The van der Waals surface area contributed by atoms with E-state index in [1.807, 2.05) is 0 Å². The zero-order chi connectivity index (χ0) is 8.20. The topological polar surface area (TPSA) is 18.5 Å². The van der Waals surface area contributed by atoms with E-state index >= 15 is 0 Å². The summed E-state index contributed by atoms with van der Waals surface area (Å²) in [5.41, 5.74) is 0. The molecule has 0 saturated carbocycles. The van der Waals surface area contributed by atoms with Crippen molar-refractivity contribution in [2.75, 3.05) is 7.11 Å². The summed E-state index contributed by atoms with van der Waals surface area (Å²) in [5.74, 6) is 0. The molecule has 0 aliphatic heterocycles. The van der Waals surface area contributed by atoms with Crippen LogP contribution >= 0.6 is 0 Å². The number of hydrogen-bond acceptors (Lipinski definition) is 2. The summed E-state index contributed by atoms with van der Waals surface area (Å²) in [4.78, 5) is 0. The first-order valence-electron chi connectivity index (χ1n) is 3.70. The Kier molecular flexibility index (Phi) is 4.43. The molecule has 0 rings (SSSR count). The van der Waals surface area contributed by atoms with E-state index in [0.29, 0.717) is 0 Å². The van der Waals surface area contributed by atoms with Crippen LogP contribution in [0.3, 0.4) is 0 Å². The Balaban J connectivity index is 3.63. The van der Waals surface area contributed by atoms with Crippen molar-refractivity contribution in [1.29, 1.82) is 0 Å². The van der Waals surface area contributed by atoms with Crippen LogP contribution in [0.4, 0.5) is 0 Å². The largest absolute Gasteiger partial charge is 0.438 e. The third-order valence-electron chi connectivity index (χ3n) is 1.08. The van der Waals surface area contributed by atoms with Crippen molar-refractivity contribution in [3.63, 3.8) is 0 Å². The maximum atomic E-state index is 5.79. The molecule has 0 heterocycles. The van der Waals surface area contributed by atoms with Crippen LogP contribution in [0.1, 0.15) is 6.92 Å². The van der Waals surface area contributed by atoms with Crippen LogP contribution in [-0.2, 0) is 8.54 Å². The maximum absolute atomic E-state index is 5.79. The fourth-order valence-corrected chi connectivity index (χ4v) is 5.23. The molecule has 0 saturated heterocycles. The molecule has 0 aliphatic rings. The van der Waals surface area contributed by atoms with Gasteiger partial charge in [-0.05, 0) is 25.7 Å². The van der Waals surface area contributed by atoms with E-state index in [2.05, 4.69) is 26.6 Å². The highest BCUT2D eigenvalue weighted by Crippen LogP contribution is 2.07. The Hall–Kier alpha value is 0.354. The first kappa shape index (κ1) is 10.4. The predicted molar refractivity (Wildman–Crippen MR) is 49.1 cm³/mol. The van der Waals surface area contributed by atoms with Crippen LogP contribution in [0.2, 0.25) is 25.7 Å². The van der Waals surface area contributed by atoms with Crippen LogP contribution < -0.4 is 0 Å². The lowest BCUT2D eigenvalue weighted by atomic mass is 11.0. The first-order chi connectivity index (χ1) is 4.49. The summed E-state index contributed by atoms with van der Waals surface area (Å²) in [6.07, 6.45) is 0. The van der Waals surface area contributed by atoms with Crippen molar-refractivity contribution in [2.45, 2.75) is 32.6 Å². The molecule has 4 heteroatoms. The molecule has 0 radical (unpaired) electrons. The van der Waals surface area contributed by atoms with Crippen molar-refractivity contribution in [2.24, 2.45) is 0 Å². The van der Waals surface area contributed by atoms with Crippen molar-refractivity contribution >= 4 is 17.6 Å². The maximum Gasteiger partial charge on any atom is 0.310 e. The predicted octanol–water partition coefficient (Wildman–Crippen LogP) is 1.72. The van der Waals surface area contributed by atoms with Crippen LogP contribution in [0.15, 0.2) is 0 Å². The van der Waals surface area contributed by atoms with E-state index < -0.39 is 17.6 Å². The van der Waals surface area contributed by atoms with Gasteiger partial charge in [-0.15, -0.1) is 0 Å². The molecular weight excluding hydrogens is 160 g/mol. The van der Waals surface area contributed by atoms with Gasteiger partial charge in [-0.2, -0.15) is 0 Å². The van der Waals surface area contributed by atoms with Gasteiger partial charge in [0.05, 0.1) is 0 Å². The fraction of sp³-hybridized carbons (Fsp3) is 1.00. The molecule has 0 aromatic carbocycles. The molecule has 1 atom stereocenters. The third kappa shape index (κ3) is 5.16. The minimum absolute atomic E-state index is 1.07. The SMILES string of the molecule is CC[SiH](OC)O[Si](C)(C)C. The minimum Gasteiger partial charge on any atom is -0.438 e. The first-order valence-corrected chi connectivity index (χ1v) is 8.87. The van der Waals surface area contributed by atoms with E-state index in [-0.39, 0.29) is 0 Å². The fourth-order valence-electron chi connectivity index (χ4n) is 0.692. The van der Waals surface area contributed by atoms with E-state index in [0.717, 1.165) is 6.04 Å². The Bertz CT molecular complexity index is 86.2. The molecule has 10 heavy (non-hydrogen) atoms. The lowest BCUT2D eigenvalue weighted by molar-refractivity contribution is 0.333. The molecular formula is C6H18O2Si2. The van der Waals surface area contributed by atoms with Gasteiger partial charge in [0.2, 0.25) is 0 Å². The molecule has 0 aliphatic carbocycles. The van der Waals surface area contributed by atoms with Gasteiger partial charge in [-0.25, -0.2) is 0 Å². The van der Waals surface area contributed by atoms with E-state index in [9.17, 15) is 0 Å². The molecule has 0 aromatic heterocycles. The molecule has 0 bridgehead atoms. The highest BCUT2D eigenvalue weighted by atomic mass is 28.4. The Morgan fingerprint density at radius 3 is 1.90 bits per heavy atom. The van der Waals surface area contributed by atoms with E-state index in [1.165, 1.54) is 0 Å². The Morgan fingerprint density at radius 1 is 1.30 bits per heavy atom. The van der Waals surface area contributed by atoms with Gasteiger partial charge >= 0.3 is 9.28 Å². The monoisotopic (exact) mass is 178 g/mol. The molecule has 0 spiro atoms. The second-order valence-electron chi connectivity index (χ2n) is 3.30. The van der Waals surface area contributed by atoms with E-state index in [4.69, 9.17) is 8.54 Å². The molecule has 0 fully saturated rings. The second kappa shape index (κ2) is 4.28. The van der Waals surface area contributed by atoms with Gasteiger partial charge < -0.3 is 8.54 Å². The number of rotatable bonds is 4. The Morgan fingerprint density at radius 2 is 1.80 bits per heavy atom. The summed E-state index contributed by atoms with van der Waals surface area (Å²) >= 11 is 0. The average molecular weight is 178 g/mol. The standard InChI is InChI=1S/C6H18O2Si2/c1-6-9(7-2)8-10(3,4)5/h9H,6H2,1-5H3. The van der Waals surface area contributed by atoms with Gasteiger partial charge in [-0.1, -0.05) is 6.92 Å². The summed E-state index contributed by atoms with van der Waals surface area (Å²) in [7, 11) is -0.830. The van der Waals surface area contributed by atoms with Crippen LogP contribution in [0.25, 0.3) is 0 Å². The zero-order valence-electron chi connectivity index (χ0n) is 7.60. The van der Waals surface area contributed by atoms with Gasteiger partial charge in [0.15, 0.2) is 8.32 Å². The normalized spacial score (nSPS) is 15.3. The molecule has 0 amide bonds. The number of hydrogen-bond donors (Lipinski definition) is 0. The highest BCUT2D eigenvalue weighted by molar-refractivity contribution is 6.75. The molecule has 2 nitrogen and oxygen atoms in total. The smallest absolute Gasteiger partial charge is 0.310 e. The van der Waals surface area contributed by atoms with Crippen LogP contribution in [0.5, 0.6) is 0 Å². The van der Waals surface area contributed by atoms with Crippen molar-refractivity contribution in [3.8, 4) is 0 Å². The summed E-state index contributed by atoms with van der Waals surface area (Å²) in [6.45, 7) is 8.71. The summed E-state index contributed by atoms with van der Waals surface area (Å²) in [6, 6.07) is 1.07. The lowest BCUT2D eigenvalue weighted by Gasteiger charge is -2.22. The van der Waals surface area contributed by atoms with Gasteiger partial charge in [-0.3, -0.25) is 0 Å². The summed E-state index contributed by atoms with van der Waals surface area (Å²) in [5, 5.41) is 0. The highest BCUT2D eigenvalue weighted by Gasteiger charge is 2.20. The van der Waals surface area contributed by atoms with Gasteiger partial charge in [0.25, 0.3) is 0 Å². The second-order valence-corrected chi connectivity index (χ2v) is 10.6. The average Bonchev–Trinajstić information content (AvgIpc) is 1.81. The Labute approximate surface area is 66.5 Å². The quantitative estimate of drug-likeness (QED) is 0.610. The van der Waals surface area contributed by atoms with Gasteiger partial charge in [0, 0.05) is 7.11 Å². The molecule has 62 valence electrons. The molecule has 0 aromatic rings. The van der Waals surface area contributed by atoms with Gasteiger partial charge in [0.1, 0.15) is 0 Å². The lowest BCUT2D eigenvalue weighted by Crippen LogP contribution is -2.35.